The molecule has 0 heterocycles. The Morgan fingerprint density at radius 3 is 1.48 bits per heavy atom. The molecule has 0 aliphatic heterocycles. The van der Waals surface area contributed by atoms with Crippen molar-refractivity contribution in [3.05, 3.63) is 0 Å². The van der Waals surface area contributed by atoms with Crippen LogP contribution in [-0.4, -0.2) is 50.8 Å². The number of rotatable bonds is 5. The van der Waals surface area contributed by atoms with Crippen molar-refractivity contribution in [1.82, 2.24) is 5.32 Å². The van der Waals surface area contributed by atoms with Gasteiger partial charge in [0.15, 0.2) is 0 Å². The largest absolute Gasteiger partial charge is 0.466 e. The molecule has 6 nitrogen and oxygen atoms in total. The fourth-order valence-corrected chi connectivity index (χ4v) is 1.20. The minimum absolute atomic E-state index is 0.522. The molecule has 0 aliphatic rings. The maximum atomic E-state index is 12.0. The van der Waals surface area contributed by atoms with Crippen molar-refractivity contribution in [2.75, 3.05) is 6.61 Å². The summed E-state index contributed by atoms with van der Waals surface area (Å²) in [5.41, 5.74) is 0. The Morgan fingerprint density at radius 2 is 1.29 bits per heavy atom. The van der Waals surface area contributed by atoms with E-state index in [-0.39, 0.29) is 0 Å². The zero-order chi connectivity index (χ0) is 17.5. The molecule has 5 N–H and O–H groups in total. The number of aliphatic hydroxyl groups excluding tert-OH is 1. The number of aliphatic hydroxyl groups is 1. The van der Waals surface area contributed by atoms with Crippen molar-refractivity contribution < 1.29 is 50.7 Å². The Bertz CT molecular complexity index is 306. The topological polar surface area (TPSA) is 110 Å². The maximum absolute atomic E-state index is 12.0. The van der Waals surface area contributed by atoms with Crippen LogP contribution >= 0.6 is 7.82 Å². The van der Waals surface area contributed by atoms with Gasteiger partial charge in [0.2, 0.25) is 0 Å². The summed E-state index contributed by atoms with van der Waals surface area (Å²) in [7, 11) is -4.64. The lowest BCUT2D eigenvalue weighted by Gasteiger charge is -2.24. The molecule has 0 spiro atoms. The zero-order valence-corrected chi connectivity index (χ0v) is 11.6. The van der Waals surface area contributed by atoms with E-state index in [1.807, 2.05) is 0 Å². The second kappa shape index (κ2) is 8.91. The Hall–Kier alpha value is -0.390. The molecular formula is C8H16F6NO5P. The van der Waals surface area contributed by atoms with Gasteiger partial charge in [-0.3, -0.25) is 0 Å². The maximum Gasteiger partial charge on any atom is 0.466 e. The minimum Gasteiger partial charge on any atom is -0.395 e. The van der Waals surface area contributed by atoms with Gasteiger partial charge in [-0.1, -0.05) is 0 Å². The minimum atomic E-state index is -4.67. The van der Waals surface area contributed by atoms with Crippen LogP contribution in [0.5, 0.6) is 0 Å². The van der Waals surface area contributed by atoms with Crippen LogP contribution in [0.1, 0.15) is 19.8 Å². The molecular weight excluding hydrogens is 335 g/mol. The molecule has 0 aromatic carbocycles. The summed E-state index contributed by atoms with van der Waals surface area (Å²) in [6, 6.07) is -2.57. The standard InChI is InChI=1S/C8H13F6NO.H3O4P/c1-5(4-16)15-6(2-7(9,10)11)3-8(12,13)14;1-5(2,3)4/h5-6,15-16H,2-4H2,1H3;(H3,1,2,3,4). The molecule has 13 heteroatoms. The predicted octanol–water partition coefficient (Wildman–Crippen LogP) is 1.30. The van der Waals surface area contributed by atoms with E-state index in [0.717, 1.165) is 0 Å². The average Bonchev–Trinajstić information content (AvgIpc) is 2.08. The van der Waals surface area contributed by atoms with Crippen molar-refractivity contribution in [1.29, 1.82) is 0 Å². The number of hydrogen-bond donors (Lipinski definition) is 5. The van der Waals surface area contributed by atoms with E-state index >= 15 is 0 Å². The molecule has 1 atom stereocenters. The van der Waals surface area contributed by atoms with Crippen molar-refractivity contribution in [3.8, 4) is 0 Å². The summed E-state index contributed by atoms with van der Waals surface area (Å²) in [6.45, 7) is 0.784. The van der Waals surface area contributed by atoms with E-state index < -0.39 is 51.7 Å². The Morgan fingerprint density at radius 1 is 1.00 bits per heavy atom. The third-order valence-corrected chi connectivity index (χ3v) is 1.75. The molecule has 0 rings (SSSR count). The Balaban J connectivity index is 0. The fourth-order valence-electron chi connectivity index (χ4n) is 1.20. The summed E-state index contributed by atoms with van der Waals surface area (Å²) in [5.74, 6) is 0. The SMILES string of the molecule is CC(CO)NC(CC(F)(F)F)CC(F)(F)F.O=P(O)(O)O. The van der Waals surface area contributed by atoms with Gasteiger partial charge in [-0.15, -0.1) is 0 Å². The molecule has 21 heavy (non-hydrogen) atoms. The van der Waals surface area contributed by atoms with E-state index in [1.54, 1.807) is 0 Å². The molecule has 1 unspecified atom stereocenters. The van der Waals surface area contributed by atoms with Gasteiger partial charge >= 0.3 is 20.2 Å². The summed E-state index contributed by atoms with van der Waals surface area (Å²) < 4.78 is 80.7. The van der Waals surface area contributed by atoms with Crippen LogP contribution in [0.3, 0.4) is 0 Å². The highest BCUT2D eigenvalue weighted by Crippen LogP contribution is 2.29. The highest BCUT2D eigenvalue weighted by Gasteiger charge is 2.39. The molecule has 0 fully saturated rings. The average molecular weight is 351 g/mol. The Kier molecular flexibility index (Phi) is 9.71. The van der Waals surface area contributed by atoms with E-state index in [4.69, 9.17) is 24.4 Å². The van der Waals surface area contributed by atoms with E-state index in [0.29, 0.717) is 0 Å². The molecule has 0 saturated carbocycles. The fraction of sp³-hybridized carbons (Fsp3) is 1.00. The first-order valence-corrected chi connectivity index (χ1v) is 6.88. The molecule has 0 bridgehead atoms. The van der Waals surface area contributed by atoms with Crippen molar-refractivity contribution >= 4 is 7.82 Å². The lowest BCUT2D eigenvalue weighted by atomic mass is 10.1. The lowest BCUT2D eigenvalue weighted by Crippen LogP contribution is -2.43. The lowest BCUT2D eigenvalue weighted by molar-refractivity contribution is -0.165. The second-order valence-electron chi connectivity index (χ2n) is 4.10. The van der Waals surface area contributed by atoms with Crippen LogP contribution in [0.25, 0.3) is 0 Å². The predicted molar refractivity (Wildman–Crippen MR) is 59.1 cm³/mol. The Labute approximate surface area is 116 Å². The second-order valence-corrected chi connectivity index (χ2v) is 5.13. The van der Waals surface area contributed by atoms with E-state index in [2.05, 4.69) is 5.32 Å². The summed E-state index contributed by atoms with van der Waals surface area (Å²) >= 11 is 0. The van der Waals surface area contributed by atoms with Gasteiger partial charge < -0.3 is 25.1 Å². The highest BCUT2D eigenvalue weighted by atomic mass is 31.2. The van der Waals surface area contributed by atoms with Crippen molar-refractivity contribution in [3.63, 3.8) is 0 Å². The number of phosphoric acid groups is 1. The van der Waals surface area contributed by atoms with Gasteiger partial charge in [-0.2, -0.15) is 26.3 Å². The van der Waals surface area contributed by atoms with Gasteiger partial charge in [0.05, 0.1) is 19.4 Å². The van der Waals surface area contributed by atoms with Crippen LogP contribution in [0.2, 0.25) is 0 Å². The van der Waals surface area contributed by atoms with Gasteiger partial charge in [0, 0.05) is 12.1 Å². The number of hydrogen-bond acceptors (Lipinski definition) is 3. The molecule has 0 aromatic rings. The molecule has 0 saturated heterocycles. The van der Waals surface area contributed by atoms with Crippen LogP contribution in [-0.2, 0) is 4.57 Å². The highest BCUT2D eigenvalue weighted by molar-refractivity contribution is 7.45. The van der Waals surface area contributed by atoms with Crippen LogP contribution < -0.4 is 5.32 Å². The first-order valence-electron chi connectivity index (χ1n) is 5.32. The van der Waals surface area contributed by atoms with E-state index in [1.165, 1.54) is 6.92 Å². The van der Waals surface area contributed by atoms with Gasteiger partial charge in [-0.25, -0.2) is 4.57 Å². The first-order chi connectivity index (χ1) is 9.03. The van der Waals surface area contributed by atoms with Gasteiger partial charge in [0.25, 0.3) is 0 Å². The molecule has 0 radical (unpaired) electrons. The third kappa shape index (κ3) is 25.0. The number of alkyl halides is 6. The third-order valence-electron chi connectivity index (χ3n) is 1.75. The van der Waals surface area contributed by atoms with Crippen LogP contribution in [0, 0.1) is 0 Å². The molecule has 130 valence electrons. The number of nitrogens with one attached hydrogen (secondary N) is 1. The molecule has 0 amide bonds. The van der Waals surface area contributed by atoms with E-state index in [9.17, 15) is 26.3 Å². The van der Waals surface area contributed by atoms with Crippen molar-refractivity contribution in [2.24, 2.45) is 0 Å². The van der Waals surface area contributed by atoms with Crippen LogP contribution in [0.4, 0.5) is 26.3 Å². The van der Waals surface area contributed by atoms with Gasteiger partial charge in [-0.05, 0) is 6.92 Å². The van der Waals surface area contributed by atoms with Gasteiger partial charge in [0.1, 0.15) is 0 Å². The molecule has 0 aromatic heterocycles. The zero-order valence-electron chi connectivity index (χ0n) is 10.7. The smallest absolute Gasteiger partial charge is 0.395 e. The van der Waals surface area contributed by atoms with Crippen molar-refractivity contribution in [2.45, 2.75) is 44.2 Å². The summed E-state index contributed by atoms with van der Waals surface area (Å²) in [5, 5.41) is 10.6. The summed E-state index contributed by atoms with van der Waals surface area (Å²) in [6.07, 6.45) is -12.5. The van der Waals surface area contributed by atoms with Crippen LogP contribution in [0.15, 0.2) is 0 Å². The normalized spacial score (nSPS) is 14.7. The summed E-state index contributed by atoms with van der Waals surface area (Å²) in [4.78, 5) is 21.6. The monoisotopic (exact) mass is 351 g/mol. The molecule has 0 aliphatic carbocycles. The number of halogens is 6. The quantitative estimate of drug-likeness (QED) is 0.377. The first kappa shape index (κ1) is 22.9.